The smallest absolute Gasteiger partial charge is 0.410 e. The van der Waals surface area contributed by atoms with Gasteiger partial charge in [0.1, 0.15) is 11.7 Å². The van der Waals surface area contributed by atoms with Crippen molar-refractivity contribution in [3.8, 4) is 0 Å². The van der Waals surface area contributed by atoms with E-state index in [4.69, 9.17) is 9.47 Å². The molecule has 10 heteroatoms. The summed E-state index contributed by atoms with van der Waals surface area (Å²) in [6.45, 7) is 9.22. The Morgan fingerprint density at radius 3 is 2.77 bits per heavy atom. The molecule has 0 radical (unpaired) electrons. The monoisotopic (exact) mass is 548 g/mol. The Bertz CT molecular complexity index is 748. The number of amides is 1. The molecule has 2 aliphatic rings. The number of aliphatic imine (C=N–C) groups is 1. The fraction of sp³-hybridized carbons (Fsp3) is 0.762. The lowest BCUT2D eigenvalue weighted by Gasteiger charge is -2.38. The fourth-order valence-electron chi connectivity index (χ4n) is 3.96. The summed E-state index contributed by atoms with van der Waals surface area (Å²) in [5, 5.41) is 7.74. The van der Waals surface area contributed by atoms with Gasteiger partial charge in [0.15, 0.2) is 5.96 Å². The zero-order valence-corrected chi connectivity index (χ0v) is 21.7. The first-order chi connectivity index (χ1) is 14.3. The number of halogens is 1. The van der Waals surface area contributed by atoms with Crippen LogP contribution in [0.15, 0.2) is 17.4 Å². The van der Waals surface area contributed by atoms with Gasteiger partial charge in [0.25, 0.3) is 0 Å². The number of likely N-dealkylation sites (tertiary alicyclic amines) is 1. The summed E-state index contributed by atoms with van der Waals surface area (Å²) in [5.41, 5.74) is 0.582. The molecule has 2 atom stereocenters. The molecule has 2 aliphatic heterocycles. The molecule has 0 spiro atoms. The normalized spacial score (nSPS) is 22.7. The minimum absolute atomic E-state index is 0. The standard InChI is InChI=1S/C21H36N6O3.HI/c1-21(2,3)30-20(28)27-9-7-6-8-17(27)13-23-19(22-4)26-10-11-29-18(15-26)16-12-24-25(5)14-16;/h12,14,17-18H,6-11,13,15H2,1-5H3,(H,22,23);1H. The van der Waals surface area contributed by atoms with Crippen molar-refractivity contribution in [3.63, 3.8) is 0 Å². The first-order valence-electron chi connectivity index (χ1n) is 10.8. The predicted octanol–water partition coefficient (Wildman–Crippen LogP) is 2.78. The highest BCUT2D eigenvalue weighted by atomic mass is 127. The fourth-order valence-corrected chi connectivity index (χ4v) is 3.96. The quantitative estimate of drug-likeness (QED) is 0.356. The van der Waals surface area contributed by atoms with E-state index in [1.54, 1.807) is 11.7 Å². The molecule has 1 aromatic heterocycles. The summed E-state index contributed by atoms with van der Waals surface area (Å²) in [5.74, 6) is 0.835. The summed E-state index contributed by atoms with van der Waals surface area (Å²) >= 11 is 0. The first kappa shape index (κ1) is 25.7. The predicted molar refractivity (Wildman–Crippen MR) is 131 cm³/mol. The number of ether oxygens (including phenoxy) is 2. The lowest BCUT2D eigenvalue weighted by molar-refractivity contribution is -0.00838. The van der Waals surface area contributed by atoms with Crippen LogP contribution in [0, 0.1) is 0 Å². The number of carbonyl (C=O) groups excluding carboxylic acids is 1. The number of morpholine rings is 1. The van der Waals surface area contributed by atoms with Gasteiger partial charge in [-0.3, -0.25) is 9.67 Å². The van der Waals surface area contributed by atoms with Crippen LogP contribution >= 0.6 is 24.0 Å². The molecular formula is C21H37IN6O3. The van der Waals surface area contributed by atoms with Gasteiger partial charge in [-0.1, -0.05) is 0 Å². The maximum absolute atomic E-state index is 12.7. The third-order valence-electron chi connectivity index (χ3n) is 5.43. The van der Waals surface area contributed by atoms with E-state index in [0.717, 1.165) is 43.9 Å². The summed E-state index contributed by atoms with van der Waals surface area (Å²) in [7, 11) is 3.70. The van der Waals surface area contributed by atoms with Gasteiger partial charge in [0, 0.05) is 45.5 Å². The van der Waals surface area contributed by atoms with Gasteiger partial charge in [-0.05, 0) is 40.0 Å². The van der Waals surface area contributed by atoms with E-state index in [-0.39, 0.29) is 42.2 Å². The Labute approximate surface area is 202 Å². The number of aryl methyl sites for hydroxylation is 1. The minimum Gasteiger partial charge on any atom is -0.444 e. The molecule has 0 bridgehead atoms. The van der Waals surface area contributed by atoms with Crippen LogP contribution in [0.3, 0.4) is 0 Å². The number of nitrogens with zero attached hydrogens (tertiary/aromatic N) is 5. The molecule has 0 saturated carbocycles. The van der Waals surface area contributed by atoms with E-state index in [9.17, 15) is 4.79 Å². The van der Waals surface area contributed by atoms with Crippen LogP contribution in [0.25, 0.3) is 0 Å². The Morgan fingerprint density at radius 2 is 2.13 bits per heavy atom. The van der Waals surface area contributed by atoms with Crippen molar-refractivity contribution in [2.75, 3.05) is 39.8 Å². The van der Waals surface area contributed by atoms with Crippen LogP contribution in [0.2, 0.25) is 0 Å². The SMILES string of the molecule is CN=C(NCC1CCCCN1C(=O)OC(C)(C)C)N1CCOC(c2cnn(C)c2)C1.I. The Kier molecular flexibility index (Phi) is 9.41. The zero-order valence-electron chi connectivity index (χ0n) is 19.3. The molecule has 0 aromatic carbocycles. The van der Waals surface area contributed by atoms with Crippen molar-refractivity contribution in [3.05, 3.63) is 18.0 Å². The molecule has 1 aromatic rings. The van der Waals surface area contributed by atoms with Gasteiger partial charge in [-0.2, -0.15) is 5.10 Å². The highest BCUT2D eigenvalue weighted by Gasteiger charge is 2.31. The largest absolute Gasteiger partial charge is 0.444 e. The van der Waals surface area contributed by atoms with E-state index in [2.05, 4.69) is 20.3 Å². The van der Waals surface area contributed by atoms with E-state index in [1.165, 1.54) is 0 Å². The molecule has 176 valence electrons. The lowest BCUT2D eigenvalue weighted by atomic mass is 10.0. The Balaban J connectivity index is 0.00000341. The molecule has 31 heavy (non-hydrogen) atoms. The third kappa shape index (κ3) is 7.23. The molecule has 3 heterocycles. The number of carbonyl (C=O) groups is 1. The number of hydrogen-bond donors (Lipinski definition) is 1. The summed E-state index contributed by atoms with van der Waals surface area (Å²) in [6.07, 6.45) is 6.68. The summed E-state index contributed by atoms with van der Waals surface area (Å²) in [6, 6.07) is 0.0977. The molecule has 1 amide bonds. The van der Waals surface area contributed by atoms with Gasteiger partial charge < -0.3 is 24.6 Å². The number of hydrogen-bond acceptors (Lipinski definition) is 5. The topological polar surface area (TPSA) is 84.2 Å². The van der Waals surface area contributed by atoms with E-state index >= 15 is 0 Å². The minimum atomic E-state index is -0.488. The summed E-state index contributed by atoms with van der Waals surface area (Å²) in [4.78, 5) is 21.2. The molecule has 2 unspecified atom stereocenters. The molecular weight excluding hydrogens is 511 g/mol. The second kappa shape index (κ2) is 11.3. The molecule has 3 rings (SSSR count). The van der Waals surface area contributed by atoms with Crippen molar-refractivity contribution in [1.29, 1.82) is 0 Å². The number of guanidine groups is 1. The second-order valence-electron chi connectivity index (χ2n) is 9.00. The van der Waals surface area contributed by atoms with E-state index < -0.39 is 5.60 Å². The van der Waals surface area contributed by atoms with Crippen molar-refractivity contribution in [2.45, 2.75) is 57.8 Å². The second-order valence-corrected chi connectivity index (χ2v) is 9.00. The van der Waals surface area contributed by atoms with Crippen LogP contribution in [0.1, 0.15) is 51.7 Å². The molecule has 2 fully saturated rings. The average Bonchev–Trinajstić information content (AvgIpc) is 3.14. The molecule has 2 saturated heterocycles. The van der Waals surface area contributed by atoms with Crippen molar-refractivity contribution in [1.82, 2.24) is 24.9 Å². The van der Waals surface area contributed by atoms with Crippen LogP contribution in [-0.2, 0) is 16.5 Å². The molecule has 1 N–H and O–H groups in total. The van der Waals surface area contributed by atoms with Gasteiger partial charge >= 0.3 is 6.09 Å². The molecule has 0 aliphatic carbocycles. The first-order valence-corrected chi connectivity index (χ1v) is 10.8. The third-order valence-corrected chi connectivity index (χ3v) is 5.43. The van der Waals surface area contributed by atoms with Crippen molar-refractivity contribution >= 4 is 36.0 Å². The average molecular weight is 548 g/mol. The Morgan fingerprint density at radius 1 is 1.35 bits per heavy atom. The van der Waals surface area contributed by atoms with E-state index in [0.29, 0.717) is 19.7 Å². The maximum Gasteiger partial charge on any atom is 0.410 e. The number of piperidine rings is 1. The maximum atomic E-state index is 12.7. The van der Waals surface area contributed by atoms with E-state index in [1.807, 2.05) is 45.1 Å². The summed E-state index contributed by atoms with van der Waals surface area (Å²) < 4.78 is 13.4. The van der Waals surface area contributed by atoms with Crippen molar-refractivity contribution < 1.29 is 14.3 Å². The lowest BCUT2D eigenvalue weighted by Crippen LogP contribution is -2.54. The highest BCUT2D eigenvalue weighted by molar-refractivity contribution is 14.0. The van der Waals surface area contributed by atoms with Crippen LogP contribution in [0.4, 0.5) is 4.79 Å². The zero-order chi connectivity index (χ0) is 21.7. The van der Waals surface area contributed by atoms with Gasteiger partial charge in [0.2, 0.25) is 0 Å². The van der Waals surface area contributed by atoms with Crippen molar-refractivity contribution in [2.24, 2.45) is 12.0 Å². The number of rotatable bonds is 3. The van der Waals surface area contributed by atoms with Crippen LogP contribution in [-0.4, -0.2) is 83.1 Å². The molecule has 9 nitrogen and oxygen atoms in total. The van der Waals surface area contributed by atoms with Gasteiger partial charge in [0.05, 0.1) is 25.4 Å². The highest BCUT2D eigenvalue weighted by Crippen LogP contribution is 2.22. The number of aromatic nitrogens is 2. The number of nitrogens with one attached hydrogen (secondary N) is 1. The Hall–Kier alpha value is -1.56. The van der Waals surface area contributed by atoms with Crippen LogP contribution in [0.5, 0.6) is 0 Å². The van der Waals surface area contributed by atoms with Crippen LogP contribution < -0.4 is 5.32 Å². The van der Waals surface area contributed by atoms with Gasteiger partial charge in [-0.25, -0.2) is 4.79 Å². The van der Waals surface area contributed by atoms with Gasteiger partial charge in [-0.15, -0.1) is 24.0 Å².